The van der Waals surface area contributed by atoms with Gasteiger partial charge in [-0.1, -0.05) is 48.0 Å². The maximum Gasteiger partial charge on any atom is 0.131 e. The quantitative estimate of drug-likeness (QED) is 0.791. The van der Waals surface area contributed by atoms with Crippen LogP contribution in [-0.4, -0.2) is 9.55 Å². The average Bonchev–Trinajstić information content (AvgIpc) is 2.84. The molecule has 1 aromatic heterocycles. The topological polar surface area (TPSA) is 43.8 Å². The summed E-state index contributed by atoms with van der Waals surface area (Å²) in [5.74, 6) is 0.715. The minimum Gasteiger partial charge on any atom is -0.383 e. The number of aromatic nitrogens is 2. The Bertz CT molecular complexity index is 757. The number of nitrogens with two attached hydrogens (primary N) is 1. The molecule has 0 aliphatic heterocycles. The predicted molar refractivity (Wildman–Crippen MR) is 87.1 cm³/mol. The molecule has 0 saturated carbocycles. The smallest absolute Gasteiger partial charge is 0.131 e. The van der Waals surface area contributed by atoms with Crippen molar-refractivity contribution in [3.05, 3.63) is 71.5 Å². The van der Waals surface area contributed by atoms with Gasteiger partial charge in [-0.2, -0.15) is 0 Å². The standard InChI is InChI=1S/C18H19N3/c1-13-8-9-14(2)16(10-13)17-18(19)21(12-20-17)11-15-6-4-3-5-7-15/h3-10,12H,11,19H2,1-2H3. The summed E-state index contributed by atoms with van der Waals surface area (Å²) < 4.78 is 1.99. The van der Waals surface area contributed by atoms with Crippen LogP contribution in [0.4, 0.5) is 5.82 Å². The summed E-state index contributed by atoms with van der Waals surface area (Å²) in [6.45, 7) is 4.91. The van der Waals surface area contributed by atoms with Crippen molar-refractivity contribution >= 4 is 5.82 Å². The summed E-state index contributed by atoms with van der Waals surface area (Å²) in [6.07, 6.45) is 1.82. The first-order chi connectivity index (χ1) is 10.1. The summed E-state index contributed by atoms with van der Waals surface area (Å²) in [4.78, 5) is 4.52. The van der Waals surface area contributed by atoms with Gasteiger partial charge >= 0.3 is 0 Å². The van der Waals surface area contributed by atoms with E-state index in [1.807, 2.05) is 29.1 Å². The molecule has 21 heavy (non-hydrogen) atoms. The van der Waals surface area contributed by atoms with Gasteiger partial charge in [-0.15, -0.1) is 0 Å². The molecule has 0 unspecified atom stereocenters. The molecule has 3 rings (SSSR count). The summed E-state index contributed by atoms with van der Waals surface area (Å²) in [6, 6.07) is 16.6. The Hall–Kier alpha value is -2.55. The zero-order valence-corrected chi connectivity index (χ0v) is 12.4. The molecule has 0 aliphatic rings. The number of anilines is 1. The van der Waals surface area contributed by atoms with Crippen molar-refractivity contribution in [1.29, 1.82) is 0 Å². The van der Waals surface area contributed by atoms with Gasteiger partial charge in [0.05, 0.1) is 12.9 Å². The number of hydrogen-bond acceptors (Lipinski definition) is 2. The van der Waals surface area contributed by atoms with Gasteiger partial charge in [-0.05, 0) is 31.0 Å². The van der Waals surface area contributed by atoms with E-state index in [0.717, 1.165) is 17.8 Å². The van der Waals surface area contributed by atoms with Gasteiger partial charge in [0.15, 0.2) is 0 Å². The molecule has 0 bridgehead atoms. The monoisotopic (exact) mass is 277 g/mol. The first-order valence-electron chi connectivity index (χ1n) is 7.07. The second-order valence-corrected chi connectivity index (χ2v) is 5.41. The second kappa shape index (κ2) is 5.44. The lowest BCUT2D eigenvalue weighted by molar-refractivity contribution is 0.808. The molecule has 3 nitrogen and oxygen atoms in total. The van der Waals surface area contributed by atoms with Gasteiger partial charge in [0.25, 0.3) is 0 Å². The fourth-order valence-corrected chi connectivity index (χ4v) is 2.50. The Morgan fingerprint density at radius 1 is 1.05 bits per heavy atom. The van der Waals surface area contributed by atoms with Crippen molar-refractivity contribution in [2.45, 2.75) is 20.4 Å². The molecule has 0 spiro atoms. The van der Waals surface area contributed by atoms with Crippen LogP contribution >= 0.6 is 0 Å². The molecule has 106 valence electrons. The maximum atomic E-state index is 6.30. The van der Waals surface area contributed by atoms with Crippen LogP contribution in [0.2, 0.25) is 0 Å². The van der Waals surface area contributed by atoms with E-state index in [-0.39, 0.29) is 0 Å². The Balaban J connectivity index is 1.98. The fraction of sp³-hybridized carbons (Fsp3) is 0.167. The van der Waals surface area contributed by atoms with E-state index in [4.69, 9.17) is 5.73 Å². The summed E-state index contributed by atoms with van der Waals surface area (Å²) >= 11 is 0. The van der Waals surface area contributed by atoms with Crippen molar-refractivity contribution in [1.82, 2.24) is 9.55 Å². The molecule has 3 aromatic rings. The van der Waals surface area contributed by atoms with Crippen LogP contribution in [0.1, 0.15) is 16.7 Å². The van der Waals surface area contributed by atoms with Gasteiger partial charge in [-0.25, -0.2) is 4.98 Å². The van der Waals surface area contributed by atoms with E-state index in [1.54, 1.807) is 0 Å². The number of hydrogen-bond donors (Lipinski definition) is 1. The SMILES string of the molecule is Cc1ccc(C)c(-c2ncn(Cc3ccccc3)c2N)c1. The lowest BCUT2D eigenvalue weighted by Gasteiger charge is -2.08. The van der Waals surface area contributed by atoms with E-state index in [1.165, 1.54) is 16.7 Å². The van der Waals surface area contributed by atoms with Crippen molar-refractivity contribution in [3.8, 4) is 11.3 Å². The van der Waals surface area contributed by atoms with E-state index < -0.39 is 0 Å². The highest BCUT2D eigenvalue weighted by Gasteiger charge is 2.12. The second-order valence-electron chi connectivity index (χ2n) is 5.41. The minimum absolute atomic E-state index is 0.715. The van der Waals surface area contributed by atoms with E-state index in [0.29, 0.717) is 5.82 Å². The Morgan fingerprint density at radius 3 is 2.57 bits per heavy atom. The molecule has 2 N–H and O–H groups in total. The lowest BCUT2D eigenvalue weighted by atomic mass is 10.0. The Labute approximate surface area is 125 Å². The Kier molecular flexibility index (Phi) is 3.48. The predicted octanol–water partition coefficient (Wildman–Crippen LogP) is 3.80. The van der Waals surface area contributed by atoms with Gasteiger partial charge < -0.3 is 10.3 Å². The molecule has 0 aliphatic carbocycles. The number of rotatable bonds is 3. The van der Waals surface area contributed by atoms with Crippen LogP contribution in [0.5, 0.6) is 0 Å². The summed E-state index contributed by atoms with van der Waals surface area (Å²) in [7, 11) is 0. The summed E-state index contributed by atoms with van der Waals surface area (Å²) in [5, 5.41) is 0. The van der Waals surface area contributed by atoms with Crippen LogP contribution < -0.4 is 5.73 Å². The van der Waals surface area contributed by atoms with Gasteiger partial charge in [0.2, 0.25) is 0 Å². The largest absolute Gasteiger partial charge is 0.383 e. The van der Waals surface area contributed by atoms with Crippen LogP contribution in [0, 0.1) is 13.8 Å². The normalized spacial score (nSPS) is 10.8. The lowest BCUT2D eigenvalue weighted by Crippen LogP contribution is -2.03. The highest BCUT2D eigenvalue weighted by molar-refractivity contribution is 5.73. The number of imidazole rings is 1. The molecular weight excluding hydrogens is 258 g/mol. The molecule has 0 saturated heterocycles. The third kappa shape index (κ3) is 2.68. The minimum atomic E-state index is 0.715. The zero-order chi connectivity index (χ0) is 14.8. The van der Waals surface area contributed by atoms with Crippen molar-refractivity contribution in [3.63, 3.8) is 0 Å². The third-order valence-corrected chi connectivity index (χ3v) is 3.72. The average molecular weight is 277 g/mol. The molecule has 0 fully saturated rings. The van der Waals surface area contributed by atoms with E-state index in [9.17, 15) is 0 Å². The van der Waals surface area contributed by atoms with E-state index in [2.05, 4.69) is 49.2 Å². The van der Waals surface area contributed by atoms with Gasteiger partial charge in [0.1, 0.15) is 11.5 Å². The van der Waals surface area contributed by atoms with Crippen LogP contribution in [0.25, 0.3) is 11.3 Å². The number of benzene rings is 2. The van der Waals surface area contributed by atoms with E-state index >= 15 is 0 Å². The molecule has 0 radical (unpaired) electrons. The highest BCUT2D eigenvalue weighted by atomic mass is 15.1. The number of aryl methyl sites for hydroxylation is 2. The van der Waals surface area contributed by atoms with Crippen LogP contribution in [-0.2, 0) is 6.54 Å². The summed E-state index contributed by atoms with van der Waals surface area (Å²) in [5.41, 5.74) is 11.9. The van der Waals surface area contributed by atoms with Gasteiger partial charge in [0, 0.05) is 5.56 Å². The van der Waals surface area contributed by atoms with Gasteiger partial charge in [-0.3, -0.25) is 0 Å². The fourth-order valence-electron chi connectivity index (χ4n) is 2.50. The van der Waals surface area contributed by atoms with Crippen molar-refractivity contribution in [2.75, 3.05) is 5.73 Å². The first-order valence-corrected chi connectivity index (χ1v) is 7.07. The van der Waals surface area contributed by atoms with Crippen LogP contribution in [0.15, 0.2) is 54.9 Å². The molecule has 3 heteroatoms. The zero-order valence-electron chi connectivity index (χ0n) is 12.4. The Morgan fingerprint density at radius 2 is 1.81 bits per heavy atom. The van der Waals surface area contributed by atoms with Crippen molar-refractivity contribution in [2.24, 2.45) is 0 Å². The first kappa shape index (κ1) is 13.4. The van der Waals surface area contributed by atoms with Crippen molar-refractivity contribution < 1.29 is 0 Å². The maximum absolute atomic E-state index is 6.30. The molecule has 0 amide bonds. The molecule has 0 atom stereocenters. The number of nitrogens with zero attached hydrogens (tertiary/aromatic N) is 2. The number of nitrogen functional groups attached to an aromatic ring is 1. The molecule has 1 heterocycles. The third-order valence-electron chi connectivity index (χ3n) is 3.72. The highest BCUT2D eigenvalue weighted by Crippen LogP contribution is 2.28. The molecular formula is C18H19N3. The van der Waals surface area contributed by atoms with Crippen LogP contribution in [0.3, 0.4) is 0 Å². The molecule has 2 aromatic carbocycles.